The second kappa shape index (κ2) is 6.98. The molecule has 0 fully saturated rings. The Kier molecular flexibility index (Phi) is 5.15. The van der Waals surface area contributed by atoms with Gasteiger partial charge in [0.25, 0.3) is 5.91 Å². The lowest BCUT2D eigenvalue weighted by molar-refractivity contribution is -0.137. The van der Waals surface area contributed by atoms with E-state index in [1.54, 1.807) is 0 Å². The van der Waals surface area contributed by atoms with Crippen LogP contribution in [0.1, 0.15) is 28.7 Å². The zero-order valence-electron chi connectivity index (χ0n) is 13.8. The van der Waals surface area contributed by atoms with Gasteiger partial charge in [-0.15, -0.1) is 0 Å². The van der Waals surface area contributed by atoms with Crippen LogP contribution in [0, 0.1) is 6.92 Å². The second-order valence-electron chi connectivity index (χ2n) is 5.56. The van der Waals surface area contributed by atoms with Crippen LogP contribution < -0.4 is 16.5 Å². The minimum Gasteiger partial charge on any atom is -0.368 e. The fourth-order valence-electron chi connectivity index (χ4n) is 2.12. The van der Waals surface area contributed by atoms with E-state index in [0.717, 1.165) is 22.9 Å². The summed E-state index contributed by atoms with van der Waals surface area (Å²) in [6, 6.07) is 4.30. The number of carbonyl (C=O) groups is 2. The van der Waals surface area contributed by atoms with Crippen LogP contribution in [0.2, 0.25) is 0 Å². The molecule has 0 aliphatic carbocycles. The number of benzene rings is 1. The predicted molar refractivity (Wildman–Crippen MR) is 85.7 cm³/mol. The number of aryl methyl sites for hydroxylation is 1. The predicted octanol–water partition coefficient (Wildman–Crippen LogP) is 1.16. The SMILES string of the molecule is Cc1cc(=O)c(C(=O)NC(C)C(N)=O)nn1-c1cccc(C(F)(F)F)c1. The molecule has 138 valence electrons. The number of aromatic nitrogens is 2. The molecule has 26 heavy (non-hydrogen) atoms. The Morgan fingerprint density at radius 2 is 1.92 bits per heavy atom. The molecule has 0 saturated carbocycles. The van der Waals surface area contributed by atoms with Crippen molar-refractivity contribution in [1.82, 2.24) is 15.1 Å². The average Bonchev–Trinajstić information content (AvgIpc) is 2.54. The summed E-state index contributed by atoms with van der Waals surface area (Å²) in [5.74, 6) is -1.77. The number of primary amides is 1. The summed E-state index contributed by atoms with van der Waals surface area (Å²) in [4.78, 5) is 35.2. The van der Waals surface area contributed by atoms with Gasteiger partial charge in [0.15, 0.2) is 5.69 Å². The topological polar surface area (TPSA) is 107 Å². The molecule has 2 rings (SSSR count). The van der Waals surface area contributed by atoms with Crippen molar-refractivity contribution in [3.8, 4) is 5.69 Å². The molecule has 1 atom stereocenters. The Hall–Kier alpha value is -3.17. The van der Waals surface area contributed by atoms with Gasteiger partial charge in [0.05, 0.1) is 11.3 Å². The summed E-state index contributed by atoms with van der Waals surface area (Å²) in [6.07, 6.45) is -4.56. The number of rotatable bonds is 4. The van der Waals surface area contributed by atoms with Gasteiger partial charge < -0.3 is 11.1 Å². The smallest absolute Gasteiger partial charge is 0.368 e. The first kappa shape index (κ1) is 19.2. The van der Waals surface area contributed by atoms with E-state index in [9.17, 15) is 27.6 Å². The maximum Gasteiger partial charge on any atom is 0.416 e. The van der Waals surface area contributed by atoms with Crippen LogP contribution >= 0.6 is 0 Å². The van der Waals surface area contributed by atoms with Gasteiger partial charge in [0.1, 0.15) is 6.04 Å². The maximum atomic E-state index is 12.9. The van der Waals surface area contributed by atoms with Crippen LogP contribution in [0.4, 0.5) is 13.2 Å². The number of carbonyl (C=O) groups excluding carboxylic acids is 2. The summed E-state index contributed by atoms with van der Waals surface area (Å²) in [5.41, 5.74) is 3.09. The lowest BCUT2D eigenvalue weighted by Crippen LogP contribution is -2.44. The molecule has 1 aromatic carbocycles. The number of halogens is 3. The average molecular weight is 368 g/mol. The minimum absolute atomic E-state index is 0.0225. The van der Waals surface area contributed by atoms with E-state index in [1.807, 2.05) is 0 Å². The first-order valence-electron chi connectivity index (χ1n) is 7.39. The molecule has 0 bridgehead atoms. The first-order valence-corrected chi connectivity index (χ1v) is 7.39. The largest absolute Gasteiger partial charge is 0.416 e. The molecule has 7 nitrogen and oxygen atoms in total. The van der Waals surface area contributed by atoms with Gasteiger partial charge >= 0.3 is 6.18 Å². The van der Waals surface area contributed by atoms with E-state index < -0.39 is 40.7 Å². The maximum absolute atomic E-state index is 12.9. The molecule has 0 saturated heterocycles. The molecule has 0 spiro atoms. The highest BCUT2D eigenvalue weighted by molar-refractivity contribution is 5.95. The quantitative estimate of drug-likeness (QED) is 0.844. The molecule has 10 heteroatoms. The van der Waals surface area contributed by atoms with Crippen LogP contribution in [-0.2, 0) is 11.0 Å². The van der Waals surface area contributed by atoms with Crippen molar-refractivity contribution >= 4 is 11.8 Å². The number of nitrogens with one attached hydrogen (secondary N) is 1. The van der Waals surface area contributed by atoms with Crippen LogP contribution in [0.5, 0.6) is 0 Å². The Morgan fingerprint density at radius 3 is 2.50 bits per heavy atom. The fourth-order valence-corrected chi connectivity index (χ4v) is 2.12. The molecule has 0 aliphatic rings. The third-order valence-electron chi connectivity index (χ3n) is 3.51. The second-order valence-corrected chi connectivity index (χ2v) is 5.56. The van der Waals surface area contributed by atoms with E-state index >= 15 is 0 Å². The third kappa shape index (κ3) is 4.08. The normalized spacial score (nSPS) is 12.5. The summed E-state index contributed by atoms with van der Waals surface area (Å²) in [6.45, 7) is 2.78. The summed E-state index contributed by atoms with van der Waals surface area (Å²) < 4.78 is 39.7. The molecule has 2 aromatic rings. The number of hydrogen-bond acceptors (Lipinski definition) is 4. The van der Waals surface area contributed by atoms with Gasteiger partial charge in [-0.2, -0.15) is 18.3 Å². The standard InChI is InChI=1S/C16H15F3N4O3/c1-8-6-12(24)13(15(26)21-9(2)14(20)25)22-23(8)11-5-3-4-10(7-11)16(17,18)19/h3-7,9H,1-2H3,(H2,20,25)(H,21,26). The van der Waals surface area contributed by atoms with Crippen molar-refractivity contribution in [3.63, 3.8) is 0 Å². The van der Waals surface area contributed by atoms with Crippen LogP contribution in [0.3, 0.4) is 0 Å². The van der Waals surface area contributed by atoms with Crippen molar-refractivity contribution < 1.29 is 22.8 Å². The lowest BCUT2D eigenvalue weighted by atomic mass is 10.2. The fraction of sp³-hybridized carbons (Fsp3) is 0.250. The van der Waals surface area contributed by atoms with Crippen LogP contribution in [0.25, 0.3) is 5.69 Å². The Balaban J connectivity index is 2.50. The number of nitrogens with two attached hydrogens (primary N) is 1. The zero-order chi connectivity index (χ0) is 19.6. The van der Waals surface area contributed by atoms with Gasteiger partial charge in [-0.25, -0.2) is 4.68 Å². The molecule has 0 aliphatic heterocycles. The molecule has 1 heterocycles. The molecular formula is C16H15F3N4O3. The summed E-state index contributed by atoms with van der Waals surface area (Å²) in [7, 11) is 0. The highest BCUT2D eigenvalue weighted by atomic mass is 19.4. The molecule has 1 aromatic heterocycles. The number of nitrogens with zero attached hydrogens (tertiary/aromatic N) is 2. The molecule has 3 N–H and O–H groups in total. The number of alkyl halides is 3. The Morgan fingerprint density at radius 1 is 1.27 bits per heavy atom. The highest BCUT2D eigenvalue weighted by Crippen LogP contribution is 2.30. The highest BCUT2D eigenvalue weighted by Gasteiger charge is 2.30. The molecular weight excluding hydrogens is 353 g/mol. The van der Waals surface area contributed by atoms with E-state index in [0.29, 0.717) is 0 Å². The van der Waals surface area contributed by atoms with Gasteiger partial charge in [-0.3, -0.25) is 14.4 Å². The summed E-state index contributed by atoms with van der Waals surface area (Å²) in [5, 5.41) is 6.05. The molecule has 1 unspecified atom stereocenters. The van der Waals surface area contributed by atoms with Gasteiger partial charge in [-0.05, 0) is 32.0 Å². The van der Waals surface area contributed by atoms with Crippen molar-refractivity contribution in [1.29, 1.82) is 0 Å². The van der Waals surface area contributed by atoms with Gasteiger partial charge in [0.2, 0.25) is 11.3 Å². The van der Waals surface area contributed by atoms with Crippen molar-refractivity contribution in [3.05, 3.63) is 57.5 Å². The first-order chi connectivity index (χ1) is 12.0. The van der Waals surface area contributed by atoms with Crippen LogP contribution in [0.15, 0.2) is 35.1 Å². The van der Waals surface area contributed by atoms with E-state index in [1.165, 1.54) is 26.0 Å². The van der Waals surface area contributed by atoms with Crippen molar-refractivity contribution in [2.45, 2.75) is 26.1 Å². The minimum atomic E-state index is -4.56. The molecule has 0 radical (unpaired) electrons. The monoisotopic (exact) mass is 368 g/mol. The number of amides is 2. The van der Waals surface area contributed by atoms with Crippen molar-refractivity contribution in [2.24, 2.45) is 5.73 Å². The van der Waals surface area contributed by atoms with E-state index in [-0.39, 0.29) is 11.4 Å². The van der Waals surface area contributed by atoms with E-state index in [2.05, 4.69) is 10.4 Å². The van der Waals surface area contributed by atoms with Crippen molar-refractivity contribution in [2.75, 3.05) is 0 Å². The summed E-state index contributed by atoms with van der Waals surface area (Å²) >= 11 is 0. The number of hydrogen-bond donors (Lipinski definition) is 2. The van der Waals surface area contributed by atoms with Gasteiger partial charge in [-0.1, -0.05) is 6.07 Å². The zero-order valence-corrected chi connectivity index (χ0v) is 13.8. The third-order valence-corrected chi connectivity index (χ3v) is 3.51. The van der Waals surface area contributed by atoms with Gasteiger partial charge in [0, 0.05) is 11.8 Å². The molecule has 2 amide bonds. The Bertz CT molecular complexity index is 922. The Labute approximate surface area is 145 Å². The van der Waals surface area contributed by atoms with Crippen LogP contribution in [-0.4, -0.2) is 27.6 Å². The lowest BCUT2D eigenvalue weighted by Gasteiger charge is -2.14. The van der Waals surface area contributed by atoms with E-state index in [4.69, 9.17) is 5.73 Å².